The van der Waals surface area contributed by atoms with Gasteiger partial charge in [0.05, 0.1) is 25.1 Å². The maximum absolute atomic E-state index is 14.4. The third kappa shape index (κ3) is 3.61. The van der Waals surface area contributed by atoms with E-state index in [9.17, 15) is 9.50 Å². The van der Waals surface area contributed by atoms with E-state index in [4.69, 9.17) is 18.2 Å². The first-order chi connectivity index (χ1) is 14.0. The molecule has 0 saturated heterocycles. The molecule has 10 heteroatoms. The molecular formula is C19H12ClFN6OS. The van der Waals surface area contributed by atoms with E-state index in [1.54, 1.807) is 31.2 Å². The normalized spacial score (nSPS) is 10.9. The molecule has 1 aromatic carbocycles. The van der Waals surface area contributed by atoms with E-state index < -0.39 is 5.82 Å². The molecule has 0 aliphatic heterocycles. The lowest BCUT2D eigenvalue weighted by Gasteiger charge is -2.07. The van der Waals surface area contributed by atoms with E-state index in [0.717, 1.165) is 6.20 Å². The van der Waals surface area contributed by atoms with Crippen molar-refractivity contribution in [2.45, 2.75) is 13.5 Å². The maximum Gasteiger partial charge on any atom is 0.198 e. The molecule has 29 heavy (non-hydrogen) atoms. The quantitative estimate of drug-likeness (QED) is 0.445. The smallest absolute Gasteiger partial charge is 0.198 e. The van der Waals surface area contributed by atoms with Gasteiger partial charge in [0.1, 0.15) is 26.9 Å². The number of aromatic nitrogens is 4. The summed E-state index contributed by atoms with van der Waals surface area (Å²) in [7, 11) is 0. The predicted octanol–water partition coefficient (Wildman–Crippen LogP) is 5.04. The number of aryl methyl sites for hydroxylation is 1. The molecule has 4 rings (SSSR count). The van der Waals surface area contributed by atoms with Gasteiger partial charge in [0.2, 0.25) is 0 Å². The van der Waals surface area contributed by atoms with Crippen molar-refractivity contribution in [1.82, 2.24) is 19.9 Å². The van der Waals surface area contributed by atoms with Crippen LogP contribution in [0.15, 0.2) is 30.5 Å². The van der Waals surface area contributed by atoms with Gasteiger partial charge in [-0.25, -0.2) is 29.2 Å². The minimum absolute atomic E-state index is 0.117. The number of benzene rings is 1. The second-order valence-electron chi connectivity index (χ2n) is 5.97. The Bertz CT molecular complexity index is 1290. The van der Waals surface area contributed by atoms with Crippen LogP contribution in [0.2, 0.25) is 5.02 Å². The Labute approximate surface area is 173 Å². The first-order valence-electron chi connectivity index (χ1n) is 8.34. The Morgan fingerprint density at radius 3 is 2.90 bits per heavy atom. The molecule has 0 saturated carbocycles. The van der Waals surface area contributed by atoms with Crippen LogP contribution in [0.3, 0.4) is 0 Å². The fourth-order valence-electron chi connectivity index (χ4n) is 2.79. The van der Waals surface area contributed by atoms with Gasteiger partial charge in [0, 0.05) is 16.7 Å². The van der Waals surface area contributed by atoms with Crippen molar-refractivity contribution in [3.63, 3.8) is 0 Å². The molecular weight excluding hydrogens is 415 g/mol. The molecule has 3 heterocycles. The predicted molar refractivity (Wildman–Crippen MR) is 110 cm³/mol. The van der Waals surface area contributed by atoms with Crippen molar-refractivity contribution in [3.05, 3.63) is 64.2 Å². The van der Waals surface area contributed by atoms with Crippen molar-refractivity contribution in [1.29, 1.82) is 0 Å². The van der Waals surface area contributed by atoms with Gasteiger partial charge in [-0.3, -0.25) is 0 Å². The summed E-state index contributed by atoms with van der Waals surface area (Å²) in [6.07, 6.45) is 1.07. The lowest BCUT2D eigenvalue weighted by Crippen LogP contribution is -2.02. The van der Waals surface area contributed by atoms with Crippen LogP contribution in [0.5, 0.6) is 0 Å². The van der Waals surface area contributed by atoms with Crippen LogP contribution in [0.1, 0.15) is 11.5 Å². The monoisotopic (exact) mass is 426 g/mol. The van der Waals surface area contributed by atoms with Crippen LogP contribution in [0.25, 0.3) is 25.6 Å². The number of pyridine rings is 1. The van der Waals surface area contributed by atoms with Crippen LogP contribution >= 0.6 is 22.9 Å². The highest BCUT2D eigenvalue weighted by Gasteiger charge is 2.19. The number of aliphatic hydroxyl groups is 1. The lowest BCUT2D eigenvalue weighted by atomic mass is 10.2. The van der Waals surface area contributed by atoms with Crippen molar-refractivity contribution in [2.75, 3.05) is 5.32 Å². The lowest BCUT2D eigenvalue weighted by molar-refractivity contribution is 0.276. The number of hydrogen-bond donors (Lipinski definition) is 2. The van der Waals surface area contributed by atoms with Crippen LogP contribution in [0.4, 0.5) is 21.7 Å². The zero-order valence-electron chi connectivity index (χ0n) is 14.9. The standard InChI is InChI=1S/C19H12ClFN6OS/c1-9-24-10(8-28)6-14(25-9)26-18-17-16(12(21)7-23-18)27-19(29-17)15-11(20)4-3-5-13(15)22-2/h3-7,28H,8H2,1H3,(H,23,24,25,26). The number of hydrogen-bond acceptors (Lipinski definition) is 7. The van der Waals surface area contributed by atoms with Crippen LogP contribution in [-0.2, 0) is 6.61 Å². The summed E-state index contributed by atoms with van der Waals surface area (Å²) in [4.78, 5) is 20.4. The molecule has 0 spiro atoms. The fourth-order valence-corrected chi connectivity index (χ4v) is 4.20. The summed E-state index contributed by atoms with van der Waals surface area (Å²) in [6, 6.07) is 6.55. The third-order valence-corrected chi connectivity index (χ3v) is 5.40. The molecule has 0 aliphatic rings. The summed E-state index contributed by atoms with van der Waals surface area (Å²) in [5, 5.41) is 13.2. The average Bonchev–Trinajstić information content (AvgIpc) is 3.15. The fraction of sp³-hybridized carbons (Fsp3) is 0.105. The topological polar surface area (TPSA) is 88.2 Å². The van der Waals surface area contributed by atoms with Gasteiger partial charge in [-0.05, 0) is 13.0 Å². The van der Waals surface area contributed by atoms with Gasteiger partial charge in [0.15, 0.2) is 17.3 Å². The van der Waals surface area contributed by atoms with Crippen molar-refractivity contribution >= 4 is 50.5 Å². The molecule has 0 atom stereocenters. The van der Waals surface area contributed by atoms with Crippen LogP contribution < -0.4 is 5.32 Å². The average molecular weight is 427 g/mol. The molecule has 0 amide bonds. The second kappa shape index (κ2) is 7.67. The van der Waals surface area contributed by atoms with Crippen molar-refractivity contribution in [2.24, 2.45) is 0 Å². The highest BCUT2D eigenvalue weighted by atomic mass is 35.5. The van der Waals surface area contributed by atoms with E-state index in [2.05, 4.69) is 30.1 Å². The summed E-state index contributed by atoms with van der Waals surface area (Å²) in [5.74, 6) is 0.652. The zero-order chi connectivity index (χ0) is 20.5. The maximum atomic E-state index is 14.4. The van der Waals surface area contributed by atoms with Gasteiger partial charge >= 0.3 is 0 Å². The molecule has 0 bridgehead atoms. The molecule has 144 valence electrons. The van der Waals surface area contributed by atoms with Gasteiger partial charge < -0.3 is 10.4 Å². The SMILES string of the molecule is [C-]#[N+]c1cccc(Cl)c1-c1nc2c(F)cnc(Nc3cc(CO)nc(C)n3)c2s1. The van der Waals surface area contributed by atoms with Crippen LogP contribution in [0, 0.1) is 19.3 Å². The first-order valence-corrected chi connectivity index (χ1v) is 9.53. The Morgan fingerprint density at radius 1 is 1.31 bits per heavy atom. The van der Waals surface area contributed by atoms with E-state index >= 15 is 0 Å². The number of anilines is 2. The number of nitrogens with one attached hydrogen (secondary N) is 1. The van der Waals surface area contributed by atoms with E-state index in [1.807, 2.05) is 0 Å². The van der Waals surface area contributed by atoms with E-state index in [-0.39, 0.29) is 12.1 Å². The molecule has 4 aromatic rings. The molecule has 0 fully saturated rings. The molecule has 7 nitrogen and oxygen atoms in total. The Morgan fingerprint density at radius 2 is 2.14 bits per heavy atom. The molecule has 0 aliphatic carbocycles. The molecule has 3 aromatic heterocycles. The summed E-state index contributed by atoms with van der Waals surface area (Å²) >= 11 is 7.46. The Kier molecular flexibility index (Phi) is 5.07. The third-order valence-electron chi connectivity index (χ3n) is 4.00. The number of aliphatic hydroxyl groups excluding tert-OH is 1. The van der Waals surface area contributed by atoms with Gasteiger partial charge in [-0.2, -0.15) is 0 Å². The summed E-state index contributed by atoms with van der Waals surface area (Å²) in [6.45, 7) is 8.83. The molecule has 0 radical (unpaired) electrons. The Hall–Kier alpha value is -3.19. The van der Waals surface area contributed by atoms with Gasteiger partial charge in [0.25, 0.3) is 0 Å². The van der Waals surface area contributed by atoms with E-state index in [1.165, 1.54) is 11.3 Å². The minimum Gasteiger partial charge on any atom is -0.390 e. The molecule has 2 N–H and O–H groups in total. The highest BCUT2D eigenvalue weighted by Crippen LogP contribution is 2.42. The number of halogens is 2. The number of fused-ring (bicyclic) bond motifs is 1. The Balaban J connectivity index is 1.86. The van der Waals surface area contributed by atoms with Crippen molar-refractivity contribution in [3.8, 4) is 10.6 Å². The largest absolute Gasteiger partial charge is 0.390 e. The summed E-state index contributed by atoms with van der Waals surface area (Å²) in [5.41, 5.74) is 1.35. The van der Waals surface area contributed by atoms with Gasteiger partial charge in [-0.1, -0.05) is 23.7 Å². The van der Waals surface area contributed by atoms with Gasteiger partial charge in [-0.15, -0.1) is 11.3 Å². The van der Waals surface area contributed by atoms with Crippen LogP contribution in [-0.4, -0.2) is 25.0 Å². The first kappa shape index (κ1) is 19.1. The van der Waals surface area contributed by atoms with Crippen molar-refractivity contribution < 1.29 is 9.50 Å². The summed E-state index contributed by atoms with van der Waals surface area (Å²) < 4.78 is 14.9. The molecule has 0 unspecified atom stereocenters. The number of nitrogens with zero attached hydrogens (tertiary/aromatic N) is 5. The second-order valence-corrected chi connectivity index (χ2v) is 7.38. The van der Waals surface area contributed by atoms with E-state index in [0.29, 0.717) is 49.1 Å². The number of thiazole rings is 1. The highest BCUT2D eigenvalue weighted by molar-refractivity contribution is 7.22. The minimum atomic E-state index is -0.584. The zero-order valence-corrected chi connectivity index (χ0v) is 16.5. The number of rotatable bonds is 4.